The summed E-state index contributed by atoms with van der Waals surface area (Å²) >= 11 is 1.20. The van der Waals surface area contributed by atoms with Gasteiger partial charge in [-0.3, -0.25) is 14.9 Å². The van der Waals surface area contributed by atoms with Crippen molar-refractivity contribution in [3.63, 3.8) is 0 Å². The summed E-state index contributed by atoms with van der Waals surface area (Å²) in [5.74, 6) is 0.0681. The Balaban J connectivity index is 1.51. The molecular weight excluding hydrogens is 368 g/mol. The summed E-state index contributed by atoms with van der Waals surface area (Å²) in [6.45, 7) is 0. The Hall–Kier alpha value is -3.20. The van der Waals surface area contributed by atoms with Crippen LogP contribution in [0.2, 0.25) is 0 Å². The number of amides is 1. The summed E-state index contributed by atoms with van der Waals surface area (Å²) in [5.41, 5.74) is 2.33. The lowest BCUT2D eigenvalue weighted by molar-refractivity contribution is -0.384. The molecule has 0 saturated carbocycles. The van der Waals surface area contributed by atoms with Crippen molar-refractivity contribution < 1.29 is 14.1 Å². The lowest BCUT2D eigenvalue weighted by Crippen LogP contribution is -2.23. The van der Waals surface area contributed by atoms with Crippen LogP contribution in [-0.2, 0) is 11.2 Å². The van der Waals surface area contributed by atoms with Gasteiger partial charge in [0.25, 0.3) is 10.9 Å². The minimum Gasteiger partial charge on any atom is -0.411 e. The van der Waals surface area contributed by atoms with E-state index in [0.717, 1.165) is 17.7 Å². The van der Waals surface area contributed by atoms with Crippen molar-refractivity contribution in [2.45, 2.75) is 23.3 Å². The third-order valence-corrected chi connectivity index (χ3v) is 5.30. The quantitative estimate of drug-likeness (QED) is 0.541. The molecule has 2 heterocycles. The highest BCUT2D eigenvalue weighted by Crippen LogP contribution is 2.32. The Kier molecular flexibility index (Phi) is 4.59. The average molecular weight is 382 g/mol. The lowest BCUT2D eigenvalue weighted by Gasteiger charge is -2.09. The second-order valence-electron chi connectivity index (χ2n) is 5.97. The van der Waals surface area contributed by atoms with Crippen LogP contribution in [0.15, 0.2) is 58.2 Å². The molecule has 0 fully saturated rings. The molecule has 9 heteroatoms. The number of fused-ring (bicyclic) bond motifs is 1. The average Bonchev–Trinajstić information content (AvgIpc) is 3.08. The van der Waals surface area contributed by atoms with Gasteiger partial charge in [-0.25, -0.2) is 0 Å². The number of rotatable bonds is 4. The van der Waals surface area contributed by atoms with E-state index in [4.69, 9.17) is 4.42 Å². The number of non-ortho nitro benzene ring substituents is 1. The highest BCUT2D eigenvalue weighted by atomic mass is 32.2. The lowest BCUT2D eigenvalue weighted by atomic mass is 10.1. The molecule has 1 unspecified atom stereocenters. The van der Waals surface area contributed by atoms with Gasteiger partial charge in [0.2, 0.25) is 11.8 Å². The van der Waals surface area contributed by atoms with Crippen molar-refractivity contribution in [1.82, 2.24) is 10.2 Å². The SMILES string of the molecule is O=C1Nc2ccccc2CCC1Sc1nnc(-c2cccc([N+](=O)[O-])c2)o1. The number of benzene rings is 2. The zero-order chi connectivity index (χ0) is 18.8. The molecule has 136 valence electrons. The van der Waals surface area contributed by atoms with E-state index >= 15 is 0 Å². The molecule has 4 rings (SSSR count). The van der Waals surface area contributed by atoms with Gasteiger partial charge in [-0.05, 0) is 30.5 Å². The Bertz CT molecular complexity index is 1020. The van der Waals surface area contributed by atoms with Crippen LogP contribution in [0.1, 0.15) is 12.0 Å². The van der Waals surface area contributed by atoms with Gasteiger partial charge in [-0.1, -0.05) is 36.0 Å². The molecule has 2 aromatic carbocycles. The van der Waals surface area contributed by atoms with Gasteiger partial charge in [-0.15, -0.1) is 10.2 Å². The maximum Gasteiger partial charge on any atom is 0.277 e. The Morgan fingerprint density at radius 1 is 1.19 bits per heavy atom. The normalized spacial score (nSPS) is 16.3. The number of aryl methyl sites for hydroxylation is 1. The zero-order valence-electron chi connectivity index (χ0n) is 14.0. The number of thioether (sulfide) groups is 1. The predicted octanol–water partition coefficient (Wildman–Crippen LogP) is 3.69. The number of aromatic nitrogens is 2. The van der Waals surface area contributed by atoms with E-state index < -0.39 is 4.92 Å². The fourth-order valence-electron chi connectivity index (χ4n) is 2.85. The molecule has 0 radical (unpaired) electrons. The molecule has 0 saturated heterocycles. The molecule has 0 spiro atoms. The molecule has 0 aliphatic carbocycles. The number of carbonyl (C=O) groups is 1. The van der Waals surface area contributed by atoms with E-state index in [9.17, 15) is 14.9 Å². The first-order chi connectivity index (χ1) is 13.1. The van der Waals surface area contributed by atoms with Crippen molar-refractivity contribution >= 4 is 29.0 Å². The van der Waals surface area contributed by atoms with Crippen LogP contribution >= 0.6 is 11.8 Å². The second-order valence-corrected chi connectivity index (χ2v) is 7.13. The number of nitrogens with one attached hydrogen (secondary N) is 1. The molecule has 27 heavy (non-hydrogen) atoms. The van der Waals surface area contributed by atoms with E-state index in [1.807, 2.05) is 24.3 Å². The van der Waals surface area contributed by atoms with Crippen molar-refractivity contribution in [2.75, 3.05) is 5.32 Å². The topological polar surface area (TPSA) is 111 Å². The van der Waals surface area contributed by atoms with E-state index in [2.05, 4.69) is 15.5 Å². The third kappa shape index (κ3) is 3.68. The van der Waals surface area contributed by atoms with Gasteiger partial charge >= 0.3 is 0 Å². The van der Waals surface area contributed by atoms with Crippen LogP contribution < -0.4 is 5.32 Å². The standard InChI is InChI=1S/C18H14N4O4S/c23-16-15(9-8-11-4-1-2-7-14(11)19-16)27-18-21-20-17(26-18)12-5-3-6-13(10-12)22(24)25/h1-7,10,15H,8-9H2,(H,19,23). The van der Waals surface area contributed by atoms with Gasteiger partial charge < -0.3 is 9.73 Å². The number of nitro groups is 1. The highest BCUT2D eigenvalue weighted by Gasteiger charge is 2.26. The van der Waals surface area contributed by atoms with E-state index in [1.54, 1.807) is 12.1 Å². The van der Waals surface area contributed by atoms with Gasteiger partial charge in [0.15, 0.2) is 0 Å². The number of hydrogen-bond acceptors (Lipinski definition) is 7. The van der Waals surface area contributed by atoms with Crippen molar-refractivity contribution in [3.8, 4) is 11.5 Å². The molecule has 0 bridgehead atoms. The summed E-state index contributed by atoms with van der Waals surface area (Å²) in [4.78, 5) is 22.9. The Morgan fingerprint density at radius 3 is 2.89 bits per heavy atom. The highest BCUT2D eigenvalue weighted by molar-refractivity contribution is 8.00. The first-order valence-electron chi connectivity index (χ1n) is 8.24. The first-order valence-corrected chi connectivity index (χ1v) is 9.12. The summed E-state index contributed by atoms with van der Waals surface area (Å²) in [5, 5.41) is 21.6. The number of anilines is 1. The molecule has 1 aromatic heterocycles. The Labute approximate surface area is 158 Å². The van der Waals surface area contributed by atoms with Crippen LogP contribution in [0.5, 0.6) is 0 Å². The maximum atomic E-state index is 12.5. The van der Waals surface area contributed by atoms with Crippen LogP contribution in [0.4, 0.5) is 11.4 Å². The van der Waals surface area contributed by atoms with Crippen molar-refractivity contribution in [3.05, 3.63) is 64.2 Å². The van der Waals surface area contributed by atoms with E-state index in [0.29, 0.717) is 12.0 Å². The summed E-state index contributed by atoms with van der Waals surface area (Å²) in [7, 11) is 0. The first kappa shape index (κ1) is 17.2. The largest absolute Gasteiger partial charge is 0.411 e. The molecule has 8 nitrogen and oxygen atoms in total. The van der Waals surface area contributed by atoms with Crippen molar-refractivity contribution in [2.24, 2.45) is 0 Å². The van der Waals surface area contributed by atoms with E-state index in [1.165, 1.54) is 23.9 Å². The van der Waals surface area contributed by atoms with Gasteiger partial charge in [-0.2, -0.15) is 0 Å². The molecule has 1 amide bonds. The summed E-state index contributed by atoms with van der Waals surface area (Å²) < 4.78 is 5.61. The smallest absolute Gasteiger partial charge is 0.277 e. The summed E-state index contributed by atoms with van der Waals surface area (Å²) in [6, 6.07) is 13.7. The minimum atomic E-state index is -0.483. The Morgan fingerprint density at radius 2 is 2.04 bits per heavy atom. The predicted molar refractivity (Wildman–Crippen MR) is 99.4 cm³/mol. The van der Waals surface area contributed by atoms with Gasteiger partial charge in [0, 0.05) is 23.4 Å². The van der Waals surface area contributed by atoms with Gasteiger partial charge in [0.05, 0.1) is 10.2 Å². The van der Waals surface area contributed by atoms with Crippen LogP contribution in [0.3, 0.4) is 0 Å². The number of nitrogens with zero attached hydrogens (tertiary/aromatic N) is 3. The summed E-state index contributed by atoms with van der Waals surface area (Å²) in [6.07, 6.45) is 1.40. The second kappa shape index (κ2) is 7.20. The fraction of sp³-hybridized carbons (Fsp3) is 0.167. The molecule has 1 aliphatic heterocycles. The van der Waals surface area contributed by atoms with Crippen LogP contribution in [-0.4, -0.2) is 26.3 Å². The third-order valence-electron chi connectivity index (χ3n) is 4.20. The molecule has 1 aliphatic rings. The molecule has 1 atom stereocenters. The molecule has 3 aromatic rings. The molecule has 1 N–H and O–H groups in total. The van der Waals surface area contributed by atoms with E-state index in [-0.39, 0.29) is 28.0 Å². The number of nitro benzene ring substituents is 1. The number of para-hydroxylation sites is 1. The number of carbonyl (C=O) groups excluding carboxylic acids is 1. The van der Waals surface area contributed by atoms with Crippen molar-refractivity contribution in [1.29, 1.82) is 0 Å². The molecular formula is C18H14N4O4S. The fourth-order valence-corrected chi connectivity index (χ4v) is 3.71. The van der Waals surface area contributed by atoms with Gasteiger partial charge in [0.1, 0.15) is 0 Å². The van der Waals surface area contributed by atoms with Crippen LogP contribution in [0, 0.1) is 10.1 Å². The minimum absolute atomic E-state index is 0.0548. The number of hydrogen-bond donors (Lipinski definition) is 1. The monoisotopic (exact) mass is 382 g/mol. The maximum absolute atomic E-state index is 12.5. The van der Waals surface area contributed by atoms with Crippen LogP contribution in [0.25, 0.3) is 11.5 Å². The zero-order valence-corrected chi connectivity index (χ0v) is 14.8.